The summed E-state index contributed by atoms with van der Waals surface area (Å²) in [6.45, 7) is 1.01. The third kappa shape index (κ3) is 4.43. The van der Waals surface area contributed by atoms with Gasteiger partial charge in [0.1, 0.15) is 13.2 Å². The molecule has 1 N–H and O–H groups in total. The lowest BCUT2D eigenvalue weighted by molar-refractivity contribution is -0.137. The number of alkyl halides is 3. The van der Waals surface area contributed by atoms with Crippen molar-refractivity contribution in [3.05, 3.63) is 53.6 Å². The second-order valence-corrected chi connectivity index (χ2v) is 5.60. The van der Waals surface area contributed by atoms with Gasteiger partial charge in [-0.25, -0.2) is 0 Å². The zero-order valence-corrected chi connectivity index (χ0v) is 13.2. The Kier molecular flexibility index (Phi) is 4.83. The number of fused-ring (bicyclic) bond motifs is 1. The van der Waals surface area contributed by atoms with Crippen LogP contribution in [0.1, 0.15) is 17.5 Å². The van der Waals surface area contributed by atoms with Crippen LogP contribution >= 0.6 is 0 Å². The SMILES string of the molecule is O=C(CCc1ccc2c(c1)OCCO2)Nc1ccc(C(F)(F)F)cc1. The number of amides is 1. The lowest BCUT2D eigenvalue weighted by atomic mass is 10.1. The van der Waals surface area contributed by atoms with E-state index < -0.39 is 11.7 Å². The number of anilines is 1. The first-order valence-electron chi connectivity index (χ1n) is 7.77. The predicted molar refractivity (Wildman–Crippen MR) is 85.8 cm³/mol. The fraction of sp³-hybridized carbons (Fsp3) is 0.278. The van der Waals surface area contributed by atoms with E-state index >= 15 is 0 Å². The molecule has 2 aromatic rings. The second kappa shape index (κ2) is 7.04. The van der Waals surface area contributed by atoms with E-state index in [0.29, 0.717) is 36.8 Å². The quantitative estimate of drug-likeness (QED) is 0.904. The van der Waals surface area contributed by atoms with Gasteiger partial charge in [-0.05, 0) is 48.4 Å². The number of carbonyl (C=O) groups is 1. The van der Waals surface area contributed by atoms with Crippen molar-refractivity contribution in [2.75, 3.05) is 18.5 Å². The van der Waals surface area contributed by atoms with Gasteiger partial charge >= 0.3 is 6.18 Å². The molecule has 0 aliphatic carbocycles. The number of benzene rings is 2. The molecule has 0 radical (unpaired) electrons. The highest BCUT2D eigenvalue weighted by atomic mass is 19.4. The molecule has 132 valence electrons. The Morgan fingerprint density at radius 2 is 1.68 bits per heavy atom. The van der Waals surface area contributed by atoms with Crippen molar-refractivity contribution in [2.45, 2.75) is 19.0 Å². The summed E-state index contributed by atoms with van der Waals surface area (Å²) in [4.78, 5) is 12.0. The average molecular weight is 351 g/mol. The minimum atomic E-state index is -4.39. The third-order valence-electron chi connectivity index (χ3n) is 3.74. The topological polar surface area (TPSA) is 47.6 Å². The van der Waals surface area contributed by atoms with Gasteiger partial charge in [0.15, 0.2) is 11.5 Å². The van der Waals surface area contributed by atoms with Crippen LogP contribution in [0.15, 0.2) is 42.5 Å². The molecule has 0 spiro atoms. The Bertz CT molecular complexity index is 757. The van der Waals surface area contributed by atoms with Gasteiger partial charge in [-0.2, -0.15) is 13.2 Å². The summed E-state index contributed by atoms with van der Waals surface area (Å²) in [5.41, 5.74) is 0.508. The van der Waals surface area contributed by atoms with Crippen molar-refractivity contribution in [1.29, 1.82) is 0 Å². The molecule has 0 atom stereocenters. The number of halogens is 3. The first kappa shape index (κ1) is 17.1. The zero-order valence-electron chi connectivity index (χ0n) is 13.2. The van der Waals surface area contributed by atoms with E-state index in [1.807, 2.05) is 12.1 Å². The van der Waals surface area contributed by atoms with Crippen molar-refractivity contribution in [1.82, 2.24) is 0 Å². The largest absolute Gasteiger partial charge is 0.486 e. The molecule has 25 heavy (non-hydrogen) atoms. The number of hydrogen-bond acceptors (Lipinski definition) is 3. The van der Waals surface area contributed by atoms with Crippen molar-refractivity contribution in [3.63, 3.8) is 0 Å². The molecule has 1 aliphatic heterocycles. The molecule has 0 bridgehead atoms. The van der Waals surface area contributed by atoms with Gasteiger partial charge < -0.3 is 14.8 Å². The summed E-state index contributed by atoms with van der Waals surface area (Å²) in [5.74, 6) is 1.07. The Labute approximate surface area is 142 Å². The molecule has 4 nitrogen and oxygen atoms in total. The molecule has 0 fully saturated rings. The fourth-order valence-corrected chi connectivity index (χ4v) is 2.47. The van der Waals surface area contributed by atoms with E-state index in [2.05, 4.69) is 5.32 Å². The maximum atomic E-state index is 12.5. The van der Waals surface area contributed by atoms with Gasteiger partial charge in [0, 0.05) is 12.1 Å². The van der Waals surface area contributed by atoms with Gasteiger partial charge in [-0.3, -0.25) is 4.79 Å². The van der Waals surface area contributed by atoms with Crippen molar-refractivity contribution in [3.8, 4) is 11.5 Å². The highest BCUT2D eigenvalue weighted by Crippen LogP contribution is 2.31. The normalized spacial score (nSPS) is 13.4. The molecule has 0 saturated carbocycles. The van der Waals surface area contributed by atoms with E-state index in [0.717, 1.165) is 17.7 Å². The summed E-state index contributed by atoms with van der Waals surface area (Å²) in [6.07, 6.45) is -3.69. The van der Waals surface area contributed by atoms with E-state index in [1.54, 1.807) is 6.07 Å². The van der Waals surface area contributed by atoms with E-state index in [1.165, 1.54) is 12.1 Å². The van der Waals surface area contributed by atoms with Crippen LogP contribution in [0.25, 0.3) is 0 Å². The maximum Gasteiger partial charge on any atom is 0.416 e. The molecule has 2 aromatic carbocycles. The minimum absolute atomic E-state index is 0.209. The summed E-state index contributed by atoms with van der Waals surface area (Å²) >= 11 is 0. The van der Waals surface area contributed by atoms with E-state index in [4.69, 9.17) is 9.47 Å². The molecule has 7 heteroatoms. The Morgan fingerprint density at radius 1 is 1.00 bits per heavy atom. The Morgan fingerprint density at radius 3 is 2.36 bits per heavy atom. The predicted octanol–water partition coefficient (Wildman–Crippen LogP) is 4.05. The standard InChI is InChI=1S/C18H16F3NO3/c19-18(20,21)13-3-5-14(6-4-13)22-17(23)8-2-12-1-7-15-16(11-12)25-10-9-24-15/h1,3-7,11H,2,8-10H2,(H,22,23). The first-order chi connectivity index (χ1) is 11.9. The number of carbonyl (C=O) groups excluding carboxylic acids is 1. The van der Waals surface area contributed by atoms with E-state index in [-0.39, 0.29) is 12.3 Å². The van der Waals surface area contributed by atoms with Crippen molar-refractivity contribution in [2.24, 2.45) is 0 Å². The third-order valence-corrected chi connectivity index (χ3v) is 3.74. The van der Waals surface area contributed by atoms with Gasteiger partial charge in [0.25, 0.3) is 0 Å². The van der Waals surface area contributed by atoms with Crippen LogP contribution in [-0.4, -0.2) is 19.1 Å². The molecule has 1 amide bonds. The monoisotopic (exact) mass is 351 g/mol. The van der Waals surface area contributed by atoms with Crippen LogP contribution in [0, 0.1) is 0 Å². The van der Waals surface area contributed by atoms with Gasteiger partial charge in [-0.1, -0.05) is 6.07 Å². The van der Waals surface area contributed by atoms with Crippen molar-refractivity contribution >= 4 is 11.6 Å². The van der Waals surface area contributed by atoms with Crippen LogP contribution < -0.4 is 14.8 Å². The smallest absolute Gasteiger partial charge is 0.416 e. The summed E-state index contributed by atoms with van der Waals surface area (Å²) in [6, 6.07) is 9.86. The Balaban J connectivity index is 1.54. The molecular formula is C18H16F3NO3. The van der Waals surface area contributed by atoms with Crippen LogP contribution in [0.4, 0.5) is 18.9 Å². The summed E-state index contributed by atoms with van der Waals surface area (Å²) < 4.78 is 48.4. The fourth-order valence-electron chi connectivity index (χ4n) is 2.47. The van der Waals surface area contributed by atoms with Crippen LogP contribution in [-0.2, 0) is 17.4 Å². The molecule has 0 saturated heterocycles. The maximum absolute atomic E-state index is 12.5. The molecule has 3 rings (SSSR count). The van der Waals surface area contributed by atoms with Crippen LogP contribution in [0.3, 0.4) is 0 Å². The second-order valence-electron chi connectivity index (χ2n) is 5.60. The van der Waals surface area contributed by atoms with Gasteiger partial charge in [0.2, 0.25) is 5.91 Å². The molecule has 0 unspecified atom stereocenters. The number of nitrogens with one attached hydrogen (secondary N) is 1. The first-order valence-corrected chi connectivity index (χ1v) is 7.77. The zero-order chi connectivity index (χ0) is 17.9. The lowest BCUT2D eigenvalue weighted by Crippen LogP contribution is -2.16. The highest BCUT2D eigenvalue weighted by molar-refractivity contribution is 5.90. The lowest BCUT2D eigenvalue weighted by Gasteiger charge is -2.18. The molecule has 1 heterocycles. The number of aryl methyl sites for hydroxylation is 1. The van der Waals surface area contributed by atoms with Crippen LogP contribution in [0.5, 0.6) is 11.5 Å². The number of rotatable bonds is 4. The number of hydrogen-bond donors (Lipinski definition) is 1. The Hall–Kier alpha value is -2.70. The van der Waals surface area contributed by atoms with Gasteiger partial charge in [0.05, 0.1) is 5.56 Å². The average Bonchev–Trinajstić information content (AvgIpc) is 2.59. The van der Waals surface area contributed by atoms with Crippen LogP contribution in [0.2, 0.25) is 0 Å². The molecular weight excluding hydrogens is 335 g/mol. The summed E-state index contributed by atoms with van der Waals surface area (Å²) in [7, 11) is 0. The minimum Gasteiger partial charge on any atom is -0.486 e. The number of ether oxygens (including phenoxy) is 2. The van der Waals surface area contributed by atoms with Crippen molar-refractivity contribution < 1.29 is 27.4 Å². The van der Waals surface area contributed by atoms with E-state index in [9.17, 15) is 18.0 Å². The molecule has 0 aromatic heterocycles. The highest BCUT2D eigenvalue weighted by Gasteiger charge is 2.29. The summed E-state index contributed by atoms with van der Waals surface area (Å²) in [5, 5.41) is 2.59. The van der Waals surface area contributed by atoms with Gasteiger partial charge in [-0.15, -0.1) is 0 Å². The molecule has 1 aliphatic rings.